The molecule has 64 valence electrons. The van der Waals surface area contributed by atoms with E-state index in [2.05, 4.69) is 24.0 Å². The van der Waals surface area contributed by atoms with Gasteiger partial charge in [-0.2, -0.15) is 0 Å². The molecule has 1 rings (SSSR count). The summed E-state index contributed by atoms with van der Waals surface area (Å²) in [6.45, 7) is 0.0786. The molecular formula is C11H14O. The van der Waals surface area contributed by atoms with Crippen LogP contribution in [0.15, 0.2) is 24.3 Å². The van der Waals surface area contributed by atoms with Crippen LogP contribution in [0.4, 0.5) is 0 Å². The lowest BCUT2D eigenvalue weighted by Gasteiger charge is -2.08. The summed E-state index contributed by atoms with van der Waals surface area (Å²) in [5.74, 6) is 6.47. The Bertz CT molecular complexity index is 227. The first-order valence-electron chi connectivity index (χ1n) is 4.37. The molecule has 0 aromatic carbocycles. The fourth-order valence-electron chi connectivity index (χ4n) is 1.20. The van der Waals surface area contributed by atoms with E-state index in [0.29, 0.717) is 5.92 Å². The zero-order valence-corrected chi connectivity index (χ0v) is 7.16. The van der Waals surface area contributed by atoms with E-state index >= 15 is 0 Å². The molecule has 1 unspecified atom stereocenters. The molecule has 1 atom stereocenters. The van der Waals surface area contributed by atoms with Crippen molar-refractivity contribution in [2.45, 2.75) is 19.3 Å². The summed E-state index contributed by atoms with van der Waals surface area (Å²) in [5.41, 5.74) is 0. The lowest BCUT2D eigenvalue weighted by molar-refractivity contribution is 0.343. The third kappa shape index (κ3) is 3.41. The second-order valence-corrected chi connectivity index (χ2v) is 2.84. The number of aliphatic hydroxyl groups is 1. The largest absolute Gasteiger partial charge is 0.392 e. The molecule has 1 N–H and O–H groups in total. The van der Waals surface area contributed by atoms with Crippen molar-refractivity contribution >= 4 is 0 Å². The van der Waals surface area contributed by atoms with Crippen molar-refractivity contribution in [3.8, 4) is 11.8 Å². The van der Waals surface area contributed by atoms with Crippen molar-refractivity contribution in [1.29, 1.82) is 0 Å². The predicted molar refractivity (Wildman–Crippen MR) is 50.5 cm³/mol. The Morgan fingerprint density at radius 3 is 3.17 bits per heavy atom. The van der Waals surface area contributed by atoms with Crippen molar-refractivity contribution in [1.82, 2.24) is 0 Å². The van der Waals surface area contributed by atoms with Crippen LogP contribution in [0.3, 0.4) is 0 Å². The van der Waals surface area contributed by atoms with Gasteiger partial charge < -0.3 is 5.11 Å². The minimum atomic E-state index is 0.0786. The second kappa shape index (κ2) is 5.62. The van der Waals surface area contributed by atoms with Crippen molar-refractivity contribution in [3.63, 3.8) is 0 Å². The first kappa shape index (κ1) is 9.09. The number of aliphatic hydroxyl groups excluding tert-OH is 1. The molecule has 0 amide bonds. The van der Waals surface area contributed by atoms with Crippen LogP contribution in [0.5, 0.6) is 0 Å². The summed E-state index contributed by atoms with van der Waals surface area (Å²) in [6.07, 6.45) is 11.4. The van der Waals surface area contributed by atoms with Crippen molar-refractivity contribution in [3.05, 3.63) is 24.3 Å². The van der Waals surface area contributed by atoms with Gasteiger partial charge in [-0.25, -0.2) is 0 Å². The molecule has 12 heavy (non-hydrogen) atoms. The standard InChI is InChI=1S/C11H14O/c12-10-6-2-5-9-11-7-3-1-4-8-11/h2-3,6-7,11-12H,1,4,8,10H2/b6-2+. The Morgan fingerprint density at radius 1 is 1.58 bits per heavy atom. The van der Waals surface area contributed by atoms with Gasteiger partial charge in [0.1, 0.15) is 0 Å². The number of rotatable bonds is 1. The Labute approximate surface area is 73.8 Å². The van der Waals surface area contributed by atoms with Crippen LogP contribution in [0.1, 0.15) is 19.3 Å². The Balaban J connectivity index is 2.36. The number of hydrogen-bond donors (Lipinski definition) is 1. The fraction of sp³-hybridized carbons (Fsp3) is 0.455. The molecule has 0 spiro atoms. The Kier molecular flexibility index (Phi) is 4.26. The summed E-state index contributed by atoms with van der Waals surface area (Å²) in [5, 5.41) is 8.43. The minimum absolute atomic E-state index is 0.0786. The van der Waals surface area contributed by atoms with E-state index in [0.717, 1.165) is 0 Å². The molecule has 1 aliphatic carbocycles. The van der Waals surface area contributed by atoms with Crippen LogP contribution < -0.4 is 0 Å². The predicted octanol–water partition coefficient (Wildman–Crippen LogP) is 1.89. The molecule has 1 aliphatic rings. The summed E-state index contributed by atoms with van der Waals surface area (Å²) >= 11 is 0. The average molecular weight is 162 g/mol. The van der Waals surface area contributed by atoms with Gasteiger partial charge in [-0.05, 0) is 25.3 Å². The lowest BCUT2D eigenvalue weighted by Crippen LogP contribution is -1.96. The van der Waals surface area contributed by atoms with Gasteiger partial charge in [0.2, 0.25) is 0 Å². The second-order valence-electron chi connectivity index (χ2n) is 2.84. The summed E-state index contributed by atoms with van der Waals surface area (Å²) in [4.78, 5) is 0. The molecule has 0 saturated heterocycles. The van der Waals surface area contributed by atoms with E-state index in [4.69, 9.17) is 5.11 Å². The number of hydrogen-bond acceptors (Lipinski definition) is 1. The van der Waals surface area contributed by atoms with E-state index in [-0.39, 0.29) is 6.61 Å². The van der Waals surface area contributed by atoms with E-state index in [9.17, 15) is 0 Å². The highest BCUT2D eigenvalue weighted by atomic mass is 16.2. The zero-order valence-electron chi connectivity index (χ0n) is 7.16. The van der Waals surface area contributed by atoms with Crippen LogP contribution in [0.25, 0.3) is 0 Å². The molecule has 1 heteroatoms. The molecule has 0 aliphatic heterocycles. The summed E-state index contributed by atoms with van der Waals surface area (Å²) in [6, 6.07) is 0. The molecule has 0 fully saturated rings. The highest BCUT2D eigenvalue weighted by molar-refractivity contribution is 5.20. The van der Waals surface area contributed by atoms with Crippen LogP contribution in [0.2, 0.25) is 0 Å². The van der Waals surface area contributed by atoms with Crippen LogP contribution in [-0.2, 0) is 0 Å². The third-order valence-corrected chi connectivity index (χ3v) is 1.83. The van der Waals surface area contributed by atoms with Gasteiger partial charge in [0.25, 0.3) is 0 Å². The van der Waals surface area contributed by atoms with Crippen LogP contribution in [0, 0.1) is 17.8 Å². The molecule has 0 saturated carbocycles. The topological polar surface area (TPSA) is 20.2 Å². The highest BCUT2D eigenvalue weighted by Crippen LogP contribution is 2.15. The normalized spacial score (nSPS) is 22.2. The molecule has 0 bridgehead atoms. The zero-order chi connectivity index (χ0) is 8.65. The Morgan fingerprint density at radius 2 is 2.50 bits per heavy atom. The van der Waals surface area contributed by atoms with Gasteiger partial charge in [0, 0.05) is 5.92 Å². The van der Waals surface area contributed by atoms with Crippen molar-refractivity contribution < 1.29 is 5.11 Å². The quantitative estimate of drug-likeness (QED) is 0.461. The summed E-state index contributed by atoms with van der Waals surface area (Å²) < 4.78 is 0. The molecule has 0 aromatic heterocycles. The van der Waals surface area contributed by atoms with E-state index in [1.165, 1.54) is 19.3 Å². The highest BCUT2D eigenvalue weighted by Gasteiger charge is 2.02. The van der Waals surface area contributed by atoms with E-state index in [1.54, 1.807) is 12.2 Å². The van der Waals surface area contributed by atoms with Gasteiger partial charge >= 0.3 is 0 Å². The van der Waals surface area contributed by atoms with Gasteiger partial charge in [0.05, 0.1) is 6.61 Å². The van der Waals surface area contributed by atoms with Gasteiger partial charge in [-0.1, -0.05) is 30.1 Å². The minimum Gasteiger partial charge on any atom is -0.392 e. The average Bonchev–Trinajstić information content (AvgIpc) is 2.14. The van der Waals surface area contributed by atoms with Crippen LogP contribution in [-0.4, -0.2) is 11.7 Å². The van der Waals surface area contributed by atoms with Gasteiger partial charge in [0.15, 0.2) is 0 Å². The van der Waals surface area contributed by atoms with Crippen LogP contribution >= 0.6 is 0 Å². The molecule has 0 heterocycles. The van der Waals surface area contributed by atoms with E-state index in [1.807, 2.05) is 0 Å². The van der Waals surface area contributed by atoms with Crippen molar-refractivity contribution in [2.75, 3.05) is 6.61 Å². The summed E-state index contributed by atoms with van der Waals surface area (Å²) in [7, 11) is 0. The molecular weight excluding hydrogens is 148 g/mol. The first-order valence-corrected chi connectivity index (χ1v) is 4.37. The molecule has 1 nitrogen and oxygen atoms in total. The van der Waals surface area contributed by atoms with Gasteiger partial charge in [-0.15, -0.1) is 0 Å². The lowest BCUT2D eigenvalue weighted by atomic mass is 9.97. The van der Waals surface area contributed by atoms with E-state index < -0.39 is 0 Å². The monoisotopic (exact) mass is 162 g/mol. The van der Waals surface area contributed by atoms with Gasteiger partial charge in [-0.3, -0.25) is 0 Å². The van der Waals surface area contributed by atoms with Crippen molar-refractivity contribution in [2.24, 2.45) is 5.92 Å². The maximum atomic E-state index is 8.43. The SMILES string of the molecule is OC/C=C/C#CC1C=CCCC1. The molecule has 0 radical (unpaired) electrons. The smallest absolute Gasteiger partial charge is 0.0621 e. The Hall–Kier alpha value is -1.00. The first-order chi connectivity index (χ1) is 5.93. The maximum Gasteiger partial charge on any atom is 0.0621 e. The number of allylic oxidation sites excluding steroid dienone is 3. The fourth-order valence-corrected chi connectivity index (χ4v) is 1.20. The third-order valence-electron chi connectivity index (χ3n) is 1.83. The molecule has 0 aromatic rings. The maximum absolute atomic E-state index is 8.43.